The first-order valence-corrected chi connectivity index (χ1v) is 7.91. The summed E-state index contributed by atoms with van der Waals surface area (Å²) < 4.78 is 0. The highest BCUT2D eigenvalue weighted by atomic mass is 35.5. The maximum atomic E-state index is 6.40. The van der Waals surface area contributed by atoms with Gasteiger partial charge in [-0.2, -0.15) is 0 Å². The highest BCUT2D eigenvalue weighted by Crippen LogP contribution is 2.30. The second-order valence-corrected chi connectivity index (χ2v) is 5.97. The average molecular weight is 301 g/mol. The number of hydrogen-bond donors (Lipinski definition) is 1. The zero-order chi connectivity index (χ0) is 14.7. The molecule has 0 unspecified atom stereocenters. The van der Waals surface area contributed by atoms with Crippen molar-refractivity contribution >= 4 is 17.3 Å². The van der Waals surface area contributed by atoms with Crippen molar-refractivity contribution in [1.82, 2.24) is 5.32 Å². The van der Waals surface area contributed by atoms with Gasteiger partial charge in [0.2, 0.25) is 0 Å². The number of benzene rings is 2. The van der Waals surface area contributed by atoms with E-state index < -0.39 is 0 Å². The van der Waals surface area contributed by atoms with Gasteiger partial charge in [-0.15, -0.1) is 0 Å². The fourth-order valence-electron chi connectivity index (χ4n) is 3.10. The van der Waals surface area contributed by atoms with Gasteiger partial charge in [-0.1, -0.05) is 41.9 Å². The molecule has 0 fully saturated rings. The van der Waals surface area contributed by atoms with E-state index in [1.54, 1.807) is 0 Å². The maximum Gasteiger partial charge on any atom is 0.0471 e. The summed E-state index contributed by atoms with van der Waals surface area (Å²) in [4.78, 5) is 2.46. The molecule has 0 saturated heterocycles. The van der Waals surface area contributed by atoms with E-state index in [4.69, 9.17) is 11.6 Å². The molecule has 0 aliphatic carbocycles. The lowest BCUT2D eigenvalue weighted by Crippen LogP contribution is -2.24. The van der Waals surface area contributed by atoms with Crippen molar-refractivity contribution in [3.8, 4) is 0 Å². The number of aryl methyl sites for hydroxylation is 1. The summed E-state index contributed by atoms with van der Waals surface area (Å²) in [6.07, 6.45) is 2.34. The Balaban J connectivity index is 1.96. The third kappa shape index (κ3) is 3.07. The minimum absolute atomic E-state index is 0.799. The van der Waals surface area contributed by atoms with Crippen molar-refractivity contribution in [3.05, 3.63) is 64.2 Å². The lowest BCUT2D eigenvalue weighted by molar-refractivity contribution is 0.749. The molecule has 1 aliphatic rings. The molecule has 2 aromatic carbocycles. The van der Waals surface area contributed by atoms with Crippen LogP contribution in [0, 0.1) is 0 Å². The summed E-state index contributed by atoms with van der Waals surface area (Å²) in [5, 5.41) is 4.07. The first-order chi connectivity index (χ1) is 10.3. The van der Waals surface area contributed by atoms with Crippen molar-refractivity contribution < 1.29 is 0 Å². The Bertz CT molecular complexity index is 624. The Hall–Kier alpha value is -1.51. The van der Waals surface area contributed by atoms with Crippen LogP contribution in [0.15, 0.2) is 42.5 Å². The van der Waals surface area contributed by atoms with Crippen LogP contribution >= 0.6 is 11.6 Å². The van der Waals surface area contributed by atoms with E-state index in [0.717, 1.165) is 31.1 Å². The minimum Gasteiger partial charge on any atom is -0.367 e. The second kappa shape index (κ2) is 6.50. The SMILES string of the molecule is CNCc1c(Cl)cccc1N1CCCc2ccccc2C1. The molecule has 0 bridgehead atoms. The Labute approximate surface area is 131 Å². The molecule has 0 spiro atoms. The van der Waals surface area contributed by atoms with Crippen LogP contribution in [-0.4, -0.2) is 13.6 Å². The van der Waals surface area contributed by atoms with E-state index in [2.05, 4.69) is 40.5 Å². The van der Waals surface area contributed by atoms with Crippen LogP contribution in [0.1, 0.15) is 23.1 Å². The topological polar surface area (TPSA) is 15.3 Å². The highest BCUT2D eigenvalue weighted by Gasteiger charge is 2.17. The predicted octanol–water partition coefficient (Wildman–Crippen LogP) is 4.01. The third-order valence-electron chi connectivity index (χ3n) is 4.14. The Kier molecular flexibility index (Phi) is 4.47. The lowest BCUT2D eigenvalue weighted by Gasteiger charge is -2.26. The van der Waals surface area contributed by atoms with Crippen LogP contribution in [0.25, 0.3) is 0 Å². The molecule has 21 heavy (non-hydrogen) atoms. The number of fused-ring (bicyclic) bond motifs is 1. The number of nitrogens with one attached hydrogen (secondary N) is 1. The van der Waals surface area contributed by atoms with E-state index in [1.165, 1.54) is 28.8 Å². The standard InChI is InChI=1S/C18H21ClN2/c1-20-12-16-17(19)9-4-10-18(16)21-11-5-8-14-6-2-3-7-15(14)13-21/h2-4,6-7,9-10,20H,5,8,11-13H2,1H3. The van der Waals surface area contributed by atoms with Crippen LogP contribution < -0.4 is 10.2 Å². The van der Waals surface area contributed by atoms with E-state index in [9.17, 15) is 0 Å². The van der Waals surface area contributed by atoms with Gasteiger partial charge >= 0.3 is 0 Å². The number of rotatable bonds is 3. The van der Waals surface area contributed by atoms with Gasteiger partial charge in [-0.05, 0) is 43.1 Å². The monoisotopic (exact) mass is 300 g/mol. The van der Waals surface area contributed by atoms with E-state index >= 15 is 0 Å². The summed E-state index contributed by atoms with van der Waals surface area (Å²) in [5.74, 6) is 0. The fourth-order valence-corrected chi connectivity index (χ4v) is 3.34. The van der Waals surface area contributed by atoms with E-state index in [-0.39, 0.29) is 0 Å². The van der Waals surface area contributed by atoms with Gasteiger partial charge in [-0.3, -0.25) is 0 Å². The molecule has 1 heterocycles. The maximum absolute atomic E-state index is 6.40. The van der Waals surface area contributed by atoms with Gasteiger partial charge in [0.15, 0.2) is 0 Å². The van der Waals surface area contributed by atoms with Crippen LogP contribution in [-0.2, 0) is 19.5 Å². The Morgan fingerprint density at radius 3 is 2.71 bits per heavy atom. The first-order valence-electron chi connectivity index (χ1n) is 7.53. The Morgan fingerprint density at radius 1 is 1.10 bits per heavy atom. The minimum atomic E-state index is 0.799. The number of hydrogen-bond acceptors (Lipinski definition) is 2. The second-order valence-electron chi connectivity index (χ2n) is 5.56. The number of halogens is 1. The zero-order valence-electron chi connectivity index (χ0n) is 12.4. The summed E-state index contributed by atoms with van der Waals surface area (Å²) in [7, 11) is 1.96. The smallest absolute Gasteiger partial charge is 0.0471 e. The molecule has 0 atom stereocenters. The van der Waals surface area contributed by atoms with Gasteiger partial charge in [0, 0.05) is 35.9 Å². The molecule has 2 nitrogen and oxygen atoms in total. The predicted molar refractivity (Wildman–Crippen MR) is 90.0 cm³/mol. The van der Waals surface area contributed by atoms with Gasteiger partial charge in [0.05, 0.1) is 0 Å². The van der Waals surface area contributed by atoms with Gasteiger partial charge in [0.25, 0.3) is 0 Å². The van der Waals surface area contributed by atoms with Crippen molar-refractivity contribution in [1.29, 1.82) is 0 Å². The molecule has 1 N–H and O–H groups in total. The molecular weight excluding hydrogens is 280 g/mol. The normalized spacial score (nSPS) is 14.7. The van der Waals surface area contributed by atoms with Gasteiger partial charge in [0.1, 0.15) is 0 Å². The molecule has 2 aromatic rings. The highest BCUT2D eigenvalue weighted by molar-refractivity contribution is 6.31. The largest absolute Gasteiger partial charge is 0.367 e. The molecule has 0 radical (unpaired) electrons. The molecule has 3 rings (SSSR count). The average Bonchev–Trinajstić information content (AvgIpc) is 2.71. The van der Waals surface area contributed by atoms with Crippen LogP contribution in [0.5, 0.6) is 0 Å². The Morgan fingerprint density at radius 2 is 1.90 bits per heavy atom. The molecule has 0 amide bonds. The van der Waals surface area contributed by atoms with Crippen molar-refractivity contribution in [2.45, 2.75) is 25.9 Å². The third-order valence-corrected chi connectivity index (χ3v) is 4.50. The van der Waals surface area contributed by atoms with Crippen molar-refractivity contribution in [2.24, 2.45) is 0 Å². The summed E-state index contributed by atoms with van der Waals surface area (Å²) in [5.41, 5.74) is 5.37. The summed E-state index contributed by atoms with van der Waals surface area (Å²) >= 11 is 6.40. The van der Waals surface area contributed by atoms with Gasteiger partial charge < -0.3 is 10.2 Å². The molecule has 1 aliphatic heterocycles. The van der Waals surface area contributed by atoms with Crippen molar-refractivity contribution in [3.63, 3.8) is 0 Å². The summed E-state index contributed by atoms with van der Waals surface area (Å²) in [6.45, 7) is 2.84. The zero-order valence-corrected chi connectivity index (χ0v) is 13.2. The van der Waals surface area contributed by atoms with Crippen molar-refractivity contribution in [2.75, 3.05) is 18.5 Å². The first kappa shape index (κ1) is 14.4. The lowest BCUT2D eigenvalue weighted by atomic mass is 10.0. The number of nitrogens with zero attached hydrogens (tertiary/aromatic N) is 1. The van der Waals surface area contributed by atoms with E-state index in [1.807, 2.05) is 19.2 Å². The summed E-state index contributed by atoms with van der Waals surface area (Å²) in [6, 6.07) is 15.0. The molecule has 3 heteroatoms. The van der Waals surface area contributed by atoms with Crippen LogP contribution in [0.4, 0.5) is 5.69 Å². The van der Waals surface area contributed by atoms with Gasteiger partial charge in [-0.25, -0.2) is 0 Å². The van der Waals surface area contributed by atoms with Crippen LogP contribution in [0.2, 0.25) is 5.02 Å². The molecular formula is C18H21ClN2. The molecule has 0 aromatic heterocycles. The fraction of sp³-hybridized carbons (Fsp3) is 0.333. The van der Waals surface area contributed by atoms with E-state index in [0.29, 0.717) is 0 Å². The molecule has 110 valence electrons. The quantitative estimate of drug-likeness (QED) is 0.921. The van der Waals surface area contributed by atoms with Crippen LogP contribution in [0.3, 0.4) is 0 Å². The molecule has 0 saturated carbocycles. The number of anilines is 1.